The number of allylic oxidation sites excluding steroid dienone is 2. The van der Waals surface area contributed by atoms with Crippen molar-refractivity contribution in [2.45, 2.75) is 20.3 Å². The van der Waals surface area contributed by atoms with E-state index in [1.165, 1.54) is 0 Å². The van der Waals surface area contributed by atoms with Crippen molar-refractivity contribution in [3.05, 3.63) is 46.0 Å². The Morgan fingerprint density at radius 3 is 2.71 bits per heavy atom. The van der Waals surface area contributed by atoms with Crippen LogP contribution in [-0.2, 0) is 6.42 Å². The van der Waals surface area contributed by atoms with Gasteiger partial charge in [-0.2, -0.15) is 0 Å². The summed E-state index contributed by atoms with van der Waals surface area (Å²) in [6.45, 7) is 4.19. The monoisotopic (exact) mass is 228 g/mol. The summed E-state index contributed by atoms with van der Waals surface area (Å²) in [5.41, 5.74) is 1.12. The largest absolute Gasteiger partial charge is 0.0914 e. The van der Waals surface area contributed by atoms with Crippen LogP contribution in [0.25, 0.3) is 0 Å². The maximum absolute atomic E-state index is 6.08. The zero-order valence-electron chi connectivity index (χ0n) is 8.43. The molecule has 0 aliphatic carbocycles. The fourth-order valence-electron chi connectivity index (χ4n) is 1.45. The zero-order chi connectivity index (χ0) is 10.6. The van der Waals surface area contributed by atoms with Gasteiger partial charge in [-0.25, -0.2) is 0 Å². The molecule has 0 aliphatic heterocycles. The zero-order valence-corrected chi connectivity index (χ0v) is 9.94. The van der Waals surface area contributed by atoms with Crippen LogP contribution >= 0.6 is 23.2 Å². The summed E-state index contributed by atoms with van der Waals surface area (Å²) in [4.78, 5) is 0. The Hall–Kier alpha value is -0.460. The summed E-state index contributed by atoms with van der Waals surface area (Å²) in [7, 11) is 0. The van der Waals surface area contributed by atoms with Gasteiger partial charge in [-0.3, -0.25) is 0 Å². The molecule has 1 aromatic carbocycles. The highest BCUT2D eigenvalue weighted by atomic mass is 35.5. The molecule has 1 aromatic rings. The molecule has 0 heterocycles. The Labute approximate surface area is 95.5 Å². The first kappa shape index (κ1) is 11.6. The van der Waals surface area contributed by atoms with Crippen LogP contribution in [0, 0.1) is 5.92 Å². The van der Waals surface area contributed by atoms with Crippen molar-refractivity contribution in [2.24, 2.45) is 5.92 Å². The van der Waals surface area contributed by atoms with Crippen molar-refractivity contribution in [3.63, 3.8) is 0 Å². The van der Waals surface area contributed by atoms with Gasteiger partial charge in [-0.1, -0.05) is 54.4 Å². The molecule has 2 heteroatoms. The molecule has 0 saturated carbocycles. The topological polar surface area (TPSA) is 0 Å². The molecule has 0 aromatic heterocycles. The van der Waals surface area contributed by atoms with Gasteiger partial charge in [-0.05, 0) is 30.9 Å². The van der Waals surface area contributed by atoms with Crippen LogP contribution in [0.1, 0.15) is 19.4 Å². The molecule has 76 valence electrons. The molecular formula is C12H14Cl2. The standard InChI is InChI=1S/C12H14Cl2/c1-3-5-9(2)8-10-6-4-7-11(13)12(10)14/h3-7,9H,8H2,1-2H3/b5-3-. The van der Waals surface area contributed by atoms with E-state index in [1.54, 1.807) is 0 Å². The molecule has 0 bridgehead atoms. The second kappa shape index (κ2) is 5.43. The predicted octanol–water partition coefficient (Wildman–Crippen LogP) is 4.75. The average Bonchev–Trinajstić information content (AvgIpc) is 2.13. The summed E-state index contributed by atoms with van der Waals surface area (Å²) >= 11 is 12.0. The van der Waals surface area contributed by atoms with E-state index in [4.69, 9.17) is 23.2 Å². The first-order valence-corrected chi connectivity index (χ1v) is 5.46. The number of halogens is 2. The minimum Gasteiger partial charge on any atom is -0.0914 e. The molecule has 1 atom stereocenters. The van der Waals surface area contributed by atoms with Gasteiger partial charge >= 0.3 is 0 Å². The first-order chi connectivity index (χ1) is 6.65. The van der Waals surface area contributed by atoms with Crippen LogP contribution in [0.15, 0.2) is 30.4 Å². The second-order valence-corrected chi connectivity index (χ2v) is 4.21. The number of benzene rings is 1. The van der Waals surface area contributed by atoms with Gasteiger partial charge in [0.15, 0.2) is 0 Å². The van der Waals surface area contributed by atoms with Gasteiger partial charge in [0.25, 0.3) is 0 Å². The number of hydrogen-bond donors (Lipinski definition) is 0. The van der Waals surface area contributed by atoms with Crippen molar-refractivity contribution in [2.75, 3.05) is 0 Å². The molecular weight excluding hydrogens is 215 g/mol. The molecule has 0 saturated heterocycles. The SMILES string of the molecule is C/C=C\C(C)Cc1cccc(Cl)c1Cl. The Bertz CT molecular complexity index is 329. The van der Waals surface area contributed by atoms with Crippen LogP contribution < -0.4 is 0 Å². The quantitative estimate of drug-likeness (QED) is 0.656. The third-order valence-electron chi connectivity index (χ3n) is 2.09. The summed E-state index contributed by atoms with van der Waals surface area (Å²) in [5, 5.41) is 1.32. The average molecular weight is 229 g/mol. The van der Waals surface area contributed by atoms with Gasteiger partial charge in [0.1, 0.15) is 0 Å². The molecule has 0 N–H and O–H groups in total. The number of rotatable bonds is 3. The van der Waals surface area contributed by atoms with E-state index >= 15 is 0 Å². The molecule has 1 rings (SSSR count). The van der Waals surface area contributed by atoms with Gasteiger partial charge < -0.3 is 0 Å². The van der Waals surface area contributed by atoms with Crippen molar-refractivity contribution < 1.29 is 0 Å². The number of hydrogen-bond acceptors (Lipinski definition) is 0. The van der Waals surface area contributed by atoms with Crippen molar-refractivity contribution in [3.8, 4) is 0 Å². The highest BCUT2D eigenvalue weighted by molar-refractivity contribution is 6.42. The van der Waals surface area contributed by atoms with E-state index < -0.39 is 0 Å². The highest BCUT2D eigenvalue weighted by Crippen LogP contribution is 2.27. The maximum Gasteiger partial charge on any atom is 0.0624 e. The van der Waals surface area contributed by atoms with Gasteiger partial charge in [0, 0.05) is 0 Å². The third kappa shape index (κ3) is 3.04. The lowest BCUT2D eigenvalue weighted by Gasteiger charge is -2.08. The van der Waals surface area contributed by atoms with E-state index in [0.717, 1.165) is 12.0 Å². The molecule has 0 nitrogen and oxygen atoms in total. The Morgan fingerprint density at radius 1 is 1.36 bits per heavy atom. The molecule has 0 fully saturated rings. The van der Waals surface area contributed by atoms with Gasteiger partial charge in [0.2, 0.25) is 0 Å². The lowest BCUT2D eigenvalue weighted by atomic mass is 10.0. The Kier molecular flexibility index (Phi) is 4.50. The molecule has 0 amide bonds. The lowest BCUT2D eigenvalue weighted by Crippen LogP contribution is -1.96. The van der Waals surface area contributed by atoms with Crippen molar-refractivity contribution >= 4 is 23.2 Å². The van der Waals surface area contributed by atoms with Crippen LogP contribution in [0.3, 0.4) is 0 Å². The predicted molar refractivity (Wildman–Crippen MR) is 64.1 cm³/mol. The van der Waals surface area contributed by atoms with E-state index in [9.17, 15) is 0 Å². The molecule has 0 radical (unpaired) electrons. The molecule has 0 aliphatic rings. The van der Waals surface area contributed by atoms with Gasteiger partial charge in [-0.15, -0.1) is 0 Å². The van der Waals surface area contributed by atoms with Crippen molar-refractivity contribution in [1.29, 1.82) is 0 Å². The van der Waals surface area contributed by atoms with Crippen LogP contribution in [0.4, 0.5) is 0 Å². The fraction of sp³-hybridized carbons (Fsp3) is 0.333. The second-order valence-electron chi connectivity index (χ2n) is 3.42. The first-order valence-electron chi connectivity index (χ1n) is 4.71. The highest BCUT2D eigenvalue weighted by Gasteiger charge is 2.06. The van der Waals surface area contributed by atoms with Crippen LogP contribution in [-0.4, -0.2) is 0 Å². The van der Waals surface area contributed by atoms with E-state index in [0.29, 0.717) is 16.0 Å². The van der Waals surface area contributed by atoms with E-state index in [-0.39, 0.29) is 0 Å². The summed E-state index contributed by atoms with van der Waals surface area (Å²) in [6.07, 6.45) is 5.16. The molecule has 14 heavy (non-hydrogen) atoms. The lowest BCUT2D eigenvalue weighted by molar-refractivity contribution is 0.723. The fourth-order valence-corrected chi connectivity index (χ4v) is 1.85. The van der Waals surface area contributed by atoms with Crippen LogP contribution in [0.5, 0.6) is 0 Å². The van der Waals surface area contributed by atoms with Gasteiger partial charge in [0.05, 0.1) is 10.0 Å². The Balaban J connectivity index is 2.81. The van der Waals surface area contributed by atoms with E-state index in [2.05, 4.69) is 19.1 Å². The summed E-state index contributed by atoms with van der Waals surface area (Å²) in [5.74, 6) is 0.496. The Morgan fingerprint density at radius 2 is 2.07 bits per heavy atom. The normalized spacial score (nSPS) is 13.4. The van der Waals surface area contributed by atoms with Crippen molar-refractivity contribution in [1.82, 2.24) is 0 Å². The van der Waals surface area contributed by atoms with Crippen LogP contribution in [0.2, 0.25) is 10.0 Å². The third-order valence-corrected chi connectivity index (χ3v) is 2.95. The maximum atomic E-state index is 6.08. The van der Waals surface area contributed by atoms with E-state index in [1.807, 2.05) is 25.1 Å². The summed E-state index contributed by atoms with van der Waals surface area (Å²) in [6, 6.07) is 5.77. The molecule has 0 spiro atoms. The molecule has 1 unspecified atom stereocenters. The smallest absolute Gasteiger partial charge is 0.0624 e. The minimum atomic E-state index is 0.496. The summed E-state index contributed by atoms with van der Waals surface area (Å²) < 4.78 is 0. The minimum absolute atomic E-state index is 0.496.